The zero-order valence-corrected chi connectivity index (χ0v) is 11.0. The van der Waals surface area contributed by atoms with E-state index in [1.54, 1.807) is 0 Å². The largest absolute Gasteiger partial charge is 0.494 e. The Morgan fingerprint density at radius 2 is 2.11 bits per heavy atom. The molecular weight excluding hydrogens is 246 g/mol. The molecule has 1 aliphatic carbocycles. The summed E-state index contributed by atoms with van der Waals surface area (Å²) in [6.45, 7) is 0.468. The first kappa shape index (κ1) is 13.7. The van der Waals surface area contributed by atoms with Gasteiger partial charge in [-0.3, -0.25) is 4.79 Å². The molecule has 0 radical (unpaired) electrons. The van der Waals surface area contributed by atoms with Gasteiger partial charge in [-0.2, -0.15) is 0 Å². The number of aromatic nitrogens is 2. The molecule has 19 heavy (non-hydrogen) atoms. The molecule has 2 atom stereocenters. The fourth-order valence-electron chi connectivity index (χ4n) is 2.27. The minimum Gasteiger partial charge on any atom is -0.494 e. The number of methoxy groups -OCH3 is 1. The monoisotopic (exact) mass is 265 g/mol. The van der Waals surface area contributed by atoms with Crippen molar-refractivity contribution in [3.05, 3.63) is 18.2 Å². The van der Waals surface area contributed by atoms with Crippen LogP contribution in [0.25, 0.3) is 0 Å². The molecule has 0 aromatic carbocycles. The molecule has 1 fully saturated rings. The fourth-order valence-corrected chi connectivity index (χ4v) is 2.27. The van der Waals surface area contributed by atoms with E-state index in [0.717, 1.165) is 25.7 Å². The molecule has 1 aliphatic rings. The van der Waals surface area contributed by atoms with E-state index in [9.17, 15) is 9.90 Å². The van der Waals surface area contributed by atoms with Crippen molar-refractivity contribution in [2.24, 2.45) is 5.92 Å². The van der Waals surface area contributed by atoms with Gasteiger partial charge in [0.05, 0.1) is 25.6 Å². The molecule has 1 amide bonds. The van der Waals surface area contributed by atoms with Crippen LogP contribution < -0.4 is 10.1 Å². The van der Waals surface area contributed by atoms with E-state index in [-0.39, 0.29) is 23.8 Å². The first-order valence-corrected chi connectivity index (χ1v) is 6.53. The van der Waals surface area contributed by atoms with Gasteiger partial charge in [0.1, 0.15) is 0 Å². The molecule has 0 bridgehead atoms. The number of rotatable bonds is 4. The SMILES string of the molecule is COc1cnc(C(=O)NC[C@@H]2CCCC[C@H]2O)nc1. The van der Waals surface area contributed by atoms with Crippen LogP contribution in [0.1, 0.15) is 36.3 Å². The molecule has 2 rings (SSSR count). The van der Waals surface area contributed by atoms with Crippen molar-refractivity contribution in [2.45, 2.75) is 31.8 Å². The predicted molar refractivity (Wildman–Crippen MR) is 68.9 cm³/mol. The van der Waals surface area contributed by atoms with Crippen LogP contribution in [0.2, 0.25) is 0 Å². The Balaban J connectivity index is 1.86. The zero-order valence-electron chi connectivity index (χ0n) is 11.0. The van der Waals surface area contributed by atoms with Crippen molar-refractivity contribution in [1.82, 2.24) is 15.3 Å². The van der Waals surface area contributed by atoms with Gasteiger partial charge in [-0.25, -0.2) is 9.97 Å². The van der Waals surface area contributed by atoms with Crippen molar-refractivity contribution >= 4 is 5.91 Å². The summed E-state index contributed by atoms with van der Waals surface area (Å²) in [6.07, 6.45) is 6.54. The third-order valence-electron chi connectivity index (χ3n) is 3.46. The molecule has 1 aromatic heterocycles. The fraction of sp³-hybridized carbons (Fsp3) is 0.615. The van der Waals surface area contributed by atoms with E-state index >= 15 is 0 Å². The molecule has 104 valence electrons. The maximum atomic E-state index is 11.8. The minimum absolute atomic E-state index is 0.117. The van der Waals surface area contributed by atoms with E-state index < -0.39 is 0 Å². The molecular formula is C13H19N3O3. The number of ether oxygens (including phenoxy) is 1. The van der Waals surface area contributed by atoms with Gasteiger partial charge in [0, 0.05) is 12.5 Å². The van der Waals surface area contributed by atoms with Crippen LogP contribution >= 0.6 is 0 Å². The number of carbonyl (C=O) groups excluding carboxylic acids is 1. The first-order valence-electron chi connectivity index (χ1n) is 6.53. The lowest BCUT2D eigenvalue weighted by atomic mass is 9.86. The Labute approximate surface area is 112 Å². The third-order valence-corrected chi connectivity index (χ3v) is 3.46. The number of aliphatic hydroxyl groups excluding tert-OH is 1. The first-order chi connectivity index (χ1) is 9.20. The molecule has 6 nitrogen and oxygen atoms in total. The molecule has 0 spiro atoms. The Kier molecular flexibility index (Phi) is 4.68. The molecule has 1 saturated carbocycles. The highest BCUT2D eigenvalue weighted by Gasteiger charge is 2.23. The summed E-state index contributed by atoms with van der Waals surface area (Å²) >= 11 is 0. The van der Waals surface area contributed by atoms with Crippen LogP contribution in [-0.4, -0.2) is 40.7 Å². The molecule has 2 N–H and O–H groups in total. The number of nitrogens with zero attached hydrogens (tertiary/aromatic N) is 2. The standard InChI is InChI=1S/C13H19N3O3/c1-19-10-7-14-12(15-8-10)13(18)16-6-9-4-2-3-5-11(9)17/h7-9,11,17H,2-6H2,1H3,(H,16,18)/t9-,11+/m0/s1. The van der Waals surface area contributed by atoms with Crippen molar-refractivity contribution in [1.29, 1.82) is 0 Å². The Hall–Kier alpha value is -1.69. The number of nitrogens with one attached hydrogen (secondary N) is 1. The van der Waals surface area contributed by atoms with Crippen molar-refractivity contribution in [3.63, 3.8) is 0 Å². The van der Waals surface area contributed by atoms with Gasteiger partial charge in [0.15, 0.2) is 5.75 Å². The summed E-state index contributed by atoms with van der Waals surface area (Å²) < 4.78 is 4.93. The van der Waals surface area contributed by atoms with Crippen LogP contribution in [0.15, 0.2) is 12.4 Å². The topological polar surface area (TPSA) is 84.3 Å². The van der Waals surface area contributed by atoms with Crippen LogP contribution in [0.3, 0.4) is 0 Å². The van der Waals surface area contributed by atoms with Crippen LogP contribution in [0.5, 0.6) is 5.75 Å². The van der Waals surface area contributed by atoms with Crippen LogP contribution in [-0.2, 0) is 0 Å². The van der Waals surface area contributed by atoms with Crippen LogP contribution in [0.4, 0.5) is 0 Å². The number of carbonyl (C=O) groups is 1. The normalized spacial score (nSPS) is 22.8. The lowest BCUT2D eigenvalue weighted by molar-refractivity contribution is 0.0660. The highest BCUT2D eigenvalue weighted by molar-refractivity contribution is 5.90. The Morgan fingerprint density at radius 1 is 1.42 bits per heavy atom. The van der Waals surface area contributed by atoms with Crippen LogP contribution in [0, 0.1) is 5.92 Å². The average Bonchev–Trinajstić information content (AvgIpc) is 2.46. The molecule has 0 aliphatic heterocycles. The van der Waals surface area contributed by atoms with Crippen molar-refractivity contribution in [3.8, 4) is 5.75 Å². The number of amides is 1. The highest BCUT2D eigenvalue weighted by Crippen LogP contribution is 2.23. The average molecular weight is 265 g/mol. The van der Waals surface area contributed by atoms with E-state index in [0.29, 0.717) is 12.3 Å². The quantitative estimate of drug-likeness (QED) is 0.840. The van der Waals surface area contributed by atoms with Gasteiger partial charge in [-0.15, -0.1) is 0 Å². The van der Waals surface area contributed by atoms with Gasteiger partial charge in [0.25, 0.3) is 5.91 Å². The molecule has 1 aromatic rings. The van der Waals surface area contributed by atoms with E-state index in [4.69, 9.17) is 4.74 Å². The second kappa shape index (κ2) is 6.47. The van der Waals surface area contributed by atoms with Gasteiger partial charge in [-0.1, -0.05) is 12.8 Å². The smallest absolute Gasteiger partial charge is 0.289 e. The number of hydrogen-bond donors (Lipinski definition) is 2. The van der Waals surface area contributed by atoms with Gasteiger partial charge in [-0.05, 0) is 12.8 Å². The number of hydrogen-bond acceptors (Lipinski definition) is 5. The van der Waals surface area contributed by atoms with Gasteiger partial charge in [0.2, 0.25) is 5.82 Å². The molecule has 0 saturated heterocycles. The second-order valence-electron chi connectivity index (χ2n) is 4.77. The van der Waals surface area contributed by atoms with Crippen molar-refractivity contribution in [2.75, 3.05) is 13.7 Å². The Morgan fingerprint density at radius 3 is 2.74 bits per heavy atom. The van der Waals surface area contributed by atoms with E-state index in [2.05, 4.69) is 15.3 Å². The Bertz CT molecular complexity index is 422. The third kappa shape index (κ3) is 3.64. The highest BCUT2D eigenvalue weighted by atomic mass is 16.5. The maximum Gasteiger partial charge on any atom is 0.289 e. The maximum absolute atomic E-state index is 11.8. The minimum atomic E-state index is -0.319. The van der Waals surface area contributed by atoms with E-state index in [1.165, 1.54) is 19.5 Å². The summed E-state index contributed by atoms with van der Waals surface area (Å²) in [7, 11) is 1.52. The summed E-state index contributed by atoms with van der Waals surface area (Å²) in [4.78, 5) is 19.7. The molecule has 6 heteroatoms. The lowest BCUT2D eigenvalue weighted by Gasteiger charge is -2.27. The van der Waals surface area contributed by atoms with E-state index in [1.807, 2.05) is 0 Å². The summed E-state index contributed by atoms with van der Waals surface area (Å²) in [6, 6.07) is 0. The second-order valence-corrected chi connectivity index (χ2v) is 4.77. The number of aliphatic hydroxyl groups is 1. The van der Waals surface area contributed by atoms with Gasteiger partial charge < -0.3 is 15.2 Å². The summed E-state index contributed by atoms with van der Waals surface area (Å²) in [5.74, 6) is 0.446. The lowest BCUT2D eigenvalue weighted by Crippen LogP contribution is -2.37. The molecule has 1 heterocycles. The van der Waals surface area contributed by atoms with Crippen molar-refractivity contribution < 1.29 is 14.6 Å². The molecule has 0 unspecified atom stereocenters. The summed E-state index contributed by atoms with van der Waals surface area (Å²) in [5, 5.41) is 12.6. The predicted octanol–water partition coefficient (Wildman–Crippen LogP) is 0.766. The summed E-state index contributed by atoms with van der Waals surface area (Å²) in [5.41, 5.74) is 0. The zero-order chi connectivity index (χ0) is 13.7. The van der Waals surface area contributed by atoms with Gasteiger partial charge >= 0.3 is 0 Å².